The number of carbonyl (C=O) groups is 2. The van der Waals surface area contributed by atoms with Gasteiger partial charge in [-0.05, 0) is 54.5 Å². The summed E-state index contributed by atoms with van der Waals surface area (Å²) in [5, 5.41) is 9.89. The third kappa shape index (κ3) is 4.50. The summed E-state index contributed by atoms with van der Waals surface area (Å²) in [6.45, 7) is 0.185. The second-order valence-corrected chi connectivity index (χ2v) is 9.31. The Hall–Kier alpha value is -3.03. The maximum atomic E-state index is 15.7. The normalized spacial score (nSPS) is 23.8. The van der Waals surface area contributed by atoms with Crippen molar-refractivity contribution >= 4 is 11.8 Å². The van der Waals surface area contributed by atoms with Gasteiger partial charge in [0.1, 0.15) is 11.8 Å². The Morgan fingerprint density at radius 3 is 2.47 bits per heavy atom. The molecule has 2 amide bonds. The molecule has 0 bridgehead atoms. The summed E-state index contributed by atoms with van der Waals surface area (Å²) >= 11 is 0. The van der Waals surface area contributed by atoms with Crippen LogP contribution in [0.2, 0.25) is 0 Å². The first-order valence-corrected chi connectivity index (χ1v) is 11.6. The van der Waals surface area contributed by atoms with Crippen LogP contribution in [-0.2, 0) is 29.0 Å². The molecule has 2 aromatic carbocycles. The van der Waals surface area contributed by atoms with Crippen molar-refractivity contribution in [2.24, 2.45) is 0 Å². The van der Waals surface area contributed by atoms with Crippen molar-refractivity contribution in [3.63, 3.8) is 0 Å². The van der Waals surface area contributed by atoms with Gasteiger partial charge in [0.25, 0.3) is 17.5 Å². The molecule has 1 fully saturated rings. The predicted molar refractivity (Wildman–Crippen MR) is 121 cm³/mol. The van der Waals surface area contributed by atoms with E-state index in [0.29, 0.717) is 24.1 Å². The van der Waals surface area contributed by atoms with Crippen molar-refractivity contribution in [3.8, 4) is 5.75 Å². The minimum absolute atomic E-state index is 0.00272. The first-order valence-electron chi connectivity index (χ1n) is 11.6. The number of rotatable bonds is 5. The zero-order valence-electron chi connectivity index (χ0n) is 19.1. The number of fused-ring (bicyclic) bond motifs is 1. The van der Waals surface area contributed by atoms with Crippen LogP contribution in [0.1, 0.15) is 42.4 Å². The lowest BCUT2D eigenvalue weighted by atomic mass is 9.80. The van der Waals surface area contributed by atoms with Crippen LogP contribution in [0, 0.1) is 0 Å². The van der Waals surface area contributed by atoms with E-state index in [-0.39, 0.29) is 31.6 Å². The highest BCUT2D eigenvalue weighted by Crippen LogP contribution is 2.46. The van der Waals surface area contributed by atoms with Crippen molar-refractivity contribution in [2.45, 2.75) is 62.7 Å². The van der Waals surface area contributed by atoms with Gasteiger partial charge in [0.15, 0.2) is 0 Å². The predicted octanol–water partition coefficient (Wildman–Crippen LogP) is 4.26. The number of halogens is 3. The van der Waals surface area contributed by atoms with E-state index in [9.17, 15) is 23.5 Å². The molecular weight excluding hydrogens is 445 g/mol. The average Bonchev–Trinajstić information content (AvgIpc) is 2.83. The number of hydrogen-bond acceptors (Lipinski definition) is 3. The number of phenolic OH excluding ortho intramolecular Hbond substituents is 1. The quantitative estimate of drug-likeness (QED) is 0.704. The Morgan fingerprint density at radius 1 is 1.06 bits per heavy atom. The number of carbonyl (C=O) groups excluding carboxylic acids is 2. The second-order valence-electron chi connectivity index (χ2n) is 9.31. The summed E-state index contributed by atoms with van der Waals surface area (Å²) in [6.07, 6.45) is -0.325. The molecular formula is C26H29F3N2O3. The highest BCUT2D eigenvalue weighted by atomic mass is 19.3. The van der Waals surface area contributed by atoms with Crippen LogP contribution in [0.4, 0.5) is 13.2 Å². The lowest BCUT2D eigenvalue weighted by Gasteiger charge is -2.44. The van der Waals surface area contributed by atoms with Gasteiger partial charge in [-0.2, -0.15) is 0 Å². The summed E-state index contributed by atoms with van der Waals surface area (Å²) in [6, 6.07) is 12.9. The molecule has 4 rings (SSSR count). The van der Waals surface area contributed by atoms with E-state index in [1.807, 2.05) is 30.3 Å². The Balaban J connectivity index is 1.61. The summed E-state index contributed by atoms with van der Waals surface area (Å²) < 4.78 is 45.0. The molecule has 1 heterocycles. The standard InChI is InChI=1S/C26H29F3N2O3/c1-30(14-11-18-7-3-2-4-8-18)23(33)22-16-20-15-21(32)10-9-19(20)17-31(22)24(34)25(27)12-5-6-13-26(25,28)29/h2-4,7-10,15,22,32H,5-6,11-14,16-17H2,1H3/t22-,25-/m0/s1. The van der Waals surface area contributed by atoms with Crippen LogP contribution in [-0.4, -0.2) is 57.9 Å². The van der Waals surface area contributed by atoms with E-state index in [2.05, 4.69) is 0 Å². The van der Waals surface area contributed by atoms with Crippen LogP contribution in [0.5, 0.6) is 5.75 Å². The molecule has 5 nitrogen and oxygen atoms in total. The SMILES string of the molecule is CN(CCc1ccccc1)C(=O)[C@@H]1Cc2cc(O)ccc2CN1C(=O)[C@@]1(F)CCCCC1(F)F. The van der Waals surface area contributed by atoms with E-state index < -0.39 is 42.3 Å². The van der Waals surface area contributed by atoms with Crippen LogP contribution in [0.15, 0.2) is 48.5 Å². The van der Waals surface area contributed by atoms with Crippen molar-refractivity contribution in [1.29, 1.82) is 0 Å². The van der Waals surface area contributed by atoms with Gasteiger partial charge in [-0.15, -0.1) is 0 Å². The van der Waals surface area contributed by atoms with Gasteiger partial charge in [-0.1, -0.05) is 36.4 Å². The van der Waals surface area contributed by atoms with Crippen molar-refractivity contribution in [1.82, 2.24) is 9.80 Å². The van der Waals surface area contributed by atoms with Gasteiger partial charge < -0.3 is 14.9 Å². The molecule has 0 radical (unpaired) electrons. The Kier molecular flexibility index (Phi) is 6.60. The molecule has 2 atom stereocenters. The lowest BCUT2D eigenvalue weighted by molar-refractivity contribution is -0.193. The fourth-order valence-corrected chi connectivity index (χ4v) is 4.90. The molecule has 0 saturated heterocycles. The van der Waals surface area contributed by atoms with E-state index in [1.165, 1.54) is 17.0 Å². The van der Waals surface area contributed by atoms with E-state index in [1.54, 1.807) is 13.1 Å². The van der Waals surface area contributed by atoms with E-state index in [0.717, 1.165) is 10.5 Å². The number of nitrogens with zero attached hydrogens (tertiary/aromatic N) is 2. The van der Waals surface area contributed by atoms with Gasteiger partial charge in [0.2, 0.25) is 5.91 Å². The smallest absolute Gasteiger partial charge is 0.290 e. The number of amides is 2. The van der Waals surface area contributed by atoms with Crippen LogP contribution < -0.4 is 0 Å². The highest BCUT2D eigenvalue weighted by Gasteiger charge is 2.63. The van der Waals surface area contributed by atoms with E-state index >= 15 is 4.39 Å². The van der Waals surface area contributed by atoms with Gasteiger partial charge in [-0.25, -0.2) is 13.2 Å². The van der Waals surface area contributed by atoms with Crippen LogP contribution >= 0.6 is 0 Å². The van der Waals surface area contributed by atoms with E-state index in [4.69, 9.17) is 0 Å². The fraction of sp³-hybridized carbons (Fsp3) is 0.462. The molecule has 34 heavy (non-hydrogen) atoms. The summed E-state index contributed by atoms with van der Waals surface area (Å²) in [4.78, 5) is 29.2. The number of benzene rings is 2. The summed E-state index contributed by atoms with van der Waals surface area (Å²) in [5.74, 6) is -5.56. The number of aromatic hydroxyl groups is 1. The molecule has 2 aliphatic rings. The molecule has 1 saturated carbocycles. The highest BCUT2D eigenvalue weighted by molar-refractivity contribution is 5.93. The number of likely N-dealkylation sites (N-methyl/N-ethyl adjacent to an activating group) is 1. The summed E-state index contributed by atoms with van der Waals surface area (Å²) in [5.41, 5.74) is -1.06. The largest absolute Gasteiger partial charge is 0.508 e. The Morgan fingerprint density at radius 2 is 1.76 bits per heavy atom. The minimum Gasteiger partial charge on any atom is -0.508 e. The molecule has 8 heteroatoms. The second kappa shape index (κ2) is 9.31. The van der Waals surface area contributed by atoms with Gasteiger partial charge >= 0.3 is 0 Å². The Bertz CT molecular complexity index is 1060. The van der Waals surface area contributed by atoms with Crippen molar-refractivity contribution in [3.05, 3.63) is 65.2 Å². The fourth-order valence-electron chi connectivity index (χ4n) is 4.90. The molecule has 182 valence electrons. The average molecular weight is 475 g/mol. The molecule has 1 aliphatic carbocycles. The maximum Gasteiger partial charge on any atom is 0.290 e. The third-order valence-electron chi connectivity index (χ3n) is 7.00. The molecule has 0 unspecified atom stereocenters. The number of hydrogen-bond donors (Lipinski definition) is 1. The van der Waals surface area contributed by atoms with Gasteiger partial charge in [-0.3, -0.25) is 9.59 Å². The topological polar surface area (TPSA) is 60.9 Å². The number of phenols is 1. The molecule has 0 spiro atoms. The summed E-state index contributed by atoms with van der Waals surface area (Å²) in [7, 11) is 1.59. The van der Waals surface area contributed by atoms with Crippen molar-refractivity contribution in [2.75, 3.05) is 13.6 Å². The molecule has 2 aromatic rings. The first-order chi connectivity index (χ1) is 16.1. The van der Waals surface area contributed by atoms with Crippen LogP contribution in [0.25, 0.3) is 0 Å². The lowest BCUT2D eigenvalue weighted by Crippen LogP contribution is -2.63. The van der Waals surface area contributed by atoms with Gasteiger partial charge in [0, 0.05) is 33.0 Å². The minimum atomic E-state index is -3.79. The first kappa shape index (κ1) is 24.1. The molecule has 1 N–H and O–H groups in total. The number of alkyl halides is 3. The van der Waals surface area contributed by atoms with Crippen molar-refractivity contribution < 1.29 is 27.9 Å². The maximum absolute atomic E-state index is 15.7. The zero-order chi connectivity index (χ0) is 24.5. The molecule has 1 aliphatic heterocycles. The molecule has 0 aromatic heterocycles. The zero-order valence-corrected chi connectivity index (χ0v) is 19.1. The Labute approximate surface area is 197 Å². The van der Waals surface area contributed by atoms with Crippen LogP contribution in [0.3, 0.4) is 0 Å². The van der Waals surface area contributed by atoms with Gasteiger partial charge in [0.05, 0.1) is 0 Å². The monoisotopic (exact) mass is 474 g/mol. The third-order valence-corrected chi connectivity index (χ3v) is 7.00.